The van der Waals surface area contributed by atoms with Crippen LogP contribution in [0.2, 0.25) is 0 Å². The fourth-order valence-corrected chi connectivity index (χ4v) is 2.89. The number of amides is 2. The predicted molar refractivity (Wildman–Crippen MR) is 91.7 cm³/mol. The van der Waals surface area contributed by atoms with Crippen LogP contribution in [0.25, 0.3) is 0 Å². The van der Waals surface area contributed by atoms with Crippen molar-refractivity contribution in [3.05, 3.63) is 59.7 Å². The highest BCUT2D eigenvalue weighted by Gasteiger charge is 2.22. The molecule has 0 bridgehead atoms. The Morgan fingerprint density at radius 3 is 2.55 bits per heavy atom. The number of nitrogens with zero attached hydrogens (tertiary/aromatic N) is 1. The number of hydrogen-bond acceptors (Lipinski definition) is 1. The van der Waals surface area contributed by atoms with Gasteiger partial charge in [-0.3, -0.25) is 4.90 Å². The normalized spacial score (nSPS) is 13.9. The molecule has 3 rings (SSSR count). The summed E-state index contributed by atoms with van der Waals surface area (Å²) in [5, 5.41) is 3.01. The molecule has 0 atom stereocenters. The summed E-state index contributed by atoms with van der Waals surface area (Å²) < 4.78 is 0. The van der Waals surface area contributed by atoms with Crippen LogP contribution >= 0.6 is 0 Å². The molecule has 0 unspecified atom stereocenters. The number of nitrogens with one attached hydrogen (secondary N) is 1. The number of benzene rings is 2. The number of anilines is 2. The van der Waals surface area contributed by atoms with E-state index < -0.39 is 0 Å². The molecule has 2 aromatic carbocycles. The number of para-hydroxylation sites is 1. The number of rotatable bonds is 2. The van der Waals surface area contributed by atoms with Crippen molar-refractivity contribution in [1.29, 1.82) is 0 Å². The van der Waals surface area contributed by atoms with Crippen LogP contribution in [0.4, 0.5) is 16.2 Å². The molecule has 0 fully saturated rings. The average Bonchev–Trinajstić information content (AvgIpc) is 2.54. The van der Waals surface area contributed by atoms with Gasteiger partial charge in [0.2, 0.25) is 0 Å². The van der Waals surface area contributed by atoms with Gasteiger partial charge in [0, 0.05) is 17.9 Å². The summed E-state index contributed by atoms with van der Waals surface area (Å²) in [4.78, 5) is 14.4. The minimum Gasteiger partial charge on any atom is -0.308 e. The fraction of sp³-hybridized carbons (Fsp3) is 0.316. The molecule has 0 aliphatic carbocycles. The standard InChI is InChI=1S/C19H22N2O/c1-14(2)15-9-11-17(12-10-15)20-19(22)21-13-5-7-16-6-3-4-8-18(16)21/h3-4,6,8-12,14H,5,7,13H2,1-2H3,(H,20,22). The number of fused-ring (bicyclic) bond motifs is 1. The molecule has 0 saturated heterocycles. The zero-order chi connectivity index (χ0) is 15.5. The van der Waals surface area contributed by atoms with Gasteiger partial charge in [0.15, 0.2) is 0 Å². The molecule has 1 aliphatic rings. The Kier molecular flexibility index (Phi) is 4.14. The molecule has 0 saturated carbocycles. The third-order valence-corrected chi connectivity index (χ3v) is 4.18. The van der Waals surface area contributed by atoms with Crippen LogP contribution in [-0.4, -0.2) is 12.6 Å². The van der Waals surface area contributed by atoms with Gasteiger partial charge in [-0.2, -0.15) is 0 Å². The van der Waals surface area contributed by atoms with Crippen molar-refractivity contribution in [2.75, 3.05) is 16.8 Å². The minimum atomic E-state index is -0.0514. The maximum atomic E-state index is 12.6. The monoisotopic (exact) mass is 294 g/mol. The molecule has 3 nitrogen and oxygen atoms in total. The Labute approximate surface area is 132 Å². The van der Waals surface area contributed by atoms with Crippen LogP contribution in [0.5, 0.6) is 0 Å². The lowest BCUT2D eigenvalue weighted by Crippen LogP contribution is -2.38. The van der Waals surface area contributed by atoms with Gasteiger partial charge in [-0.05, 0) is 48.1 Å². The van der Waals surface area contributed by atoms with Gasteiger partial charge in [0.05, 0.1) is 0 Å². The highest BCUT2D eigenvalue weighted by molar-refractivity contribution is 6.02. The minimum absolute atomic E-state index is 0.0514. The van der Waals surface area contributed by atoms with Crippen molar-refractivity contribution < 1.29 is 4.79 Å². The third kappa shape index (κ3) is 2.98. The maximum Gasteiger partial charge on any atom is 0.326 e. The van der Waals surface area contributed by atoms with E-state index in [4.69, 9.17) is 0 Å². The van der Waals surface area contributed by atoms with Crippen LogP contribution in [0.1, 0.15) is 37.3 Å². The lowest BCUT2D eigenvalue weighted by Gasteiger charge is -2.29. The summed E-state index contributed by atoms with van der Waals surface area (Å²) in [5.41, 5.74) is 4.41. The zero-order valence-corrected chi connectivity index (χ0v) is 13.2. The molecular weight excluding hydrogens is 272 g/mol. The number of carbonyl (C=O) groups is 1. The van der Waals surface area contributed by atoms with Crippen molar-refractivity contribution in [3.63, 3.8) is 0 Å². The second kappa shape index (κ2) is 6.22. The Balaban J connectivity index is 1.75. The quantitative estimate of drug-likeness (QED) is 0.848. The Morgan fingerprint density at radius 2 is 1.82 bits per heavy atom. The molecule has 22 heavy (non-hydrogen) atoms. The largest absolute Gasteiger partial charge is 0.326 e. The van der Waals surface area contributed by atoms with Crippen molar-refractivity contribution in [1.82, 2.24) is 0 Å². The fourth-order valence-electron chi connectivity index (χ4n) is 2.89. The van der Waals surface area contributed by atoms with Crippen molar-refractivity contribution in [3.8, 4) is 0 Å². The number of urea groups is 1. The molecule has 2 aromatic rings. The lowest BCUT2D eigenvalue weighted by atomic mass is 10.0. The average molecular weight is 294 g/mol. The molecule has 2 amide bonds. The lowest BCUT2D eigenvalue weighted by molar-refractivity contribution is 0.256. The molecule has 1 heterocycles. The summed E-state index contributed by atoms with van der Waals surface area (Å²) in [6.07, 6.45) is 2.06. The van der Waals surface area contributed by atoms with Crippen LogP contribution in [0, 0.1) is 0 Å². The number of aryl methyl sites for hydroxylation is 1. The summed E-state index contributed by atoms with van der Waals surface area (Å²) >= 11 is 0. The van der Waals surface area contributed by atoms with E-state index in [9.17, 15) is 4.79 Å². The van der Waals surface area contributed by atoms with Gasteiger partial charge in [0.1, 0.15) is 0 Å². The molecule has 0 spiro atoms. The second-order valence-corrected chi connectivity index (χ2v) is 6.09. The van der Waals surface area contributed by atoms with Gasteiger partial charge in [-0.15, -0.1) is 0 Å². The first kappa shape index (κ1) is 14.6. The first-order chi connectivity index (χ1) is 10.6. The van der Waals surface area contributed by atoms with Gasteiger partial charge in [0.25, 0.3) is 0 Å². The van der Waals surface area contributed by atoms with E-state index >= 15 is 0 Å². The van der Waals surface area contributed by atoms with E-state index in [0.29, 0.717) is 5.92 Å². The van der Waals surface area contributed by atoms with E-state index in [-0.39, 0.29) is 6.03 Å². The smallest absolute Gasteiger partial charge is 0.308 e. The topological polar surface area (TPSA) is 32.3 Å². The Morgan fingerprint density at radius 1 is 1.09 bits per heavy atom. The maximum absolute atomic E-state index is 12.6. The zero-order valence-electron chi connectivity index (χ0n) is 13.2. The Hall–Kier alpha value is -2.29. The van der Waals surface area contributed by atoms with Crippen LogP contribution in [0.3, 0.4) is 0 Å². The summed E-state index contributed by atoms with van der Waals surface area (Å²) in [5.74, 6) is 0.499. The van der Waals surface area contributed by atoms with Gasteiger partial charge in [-0.25, -0.2) is 4.79 Å². The first-order valence-electron chi connectivity index (χ1n) is 7.91. The summed E-state index contributed by atoms with van der Waals surface area (Å²) in [6.45, 7) is 5.10. The van der Waals surface area contributed by atoms with Crippen LogP contribution in [0.15, 0.2) is 48.5 Å². The summed E-state index contributed by atoms with van der Waals surface area (Å²) in [7, 11) is 0. The van der Waals surface area contributed by atoms with Crippen molar-refractivity contribution >= 4 is 17.4 Å². The Bertz CT molecular complexity index is 661. The number of hydrogen-bond donors (Lipinski definition) is 1. The molecule has 3 heteroatoms. The highest BCUT2D eigenvalue weighted by Crippen LogP contribution is 2.27. The third-order valence-electron chi connectivity index (χ3n) is 4.18. The van der Waals surface area contributed by atoms with Gasteiger partial charge >= 0.3 is 6.03 Å². The number of carbonyl (C=O) groups excluding carboxylic acids is 1. The van der Waals surface area contributed by atoms with E-state index in [1.54, 1.807) is 0 Å². The second-order valence-electron chi connectivity index (χ2n) is 6.09. The van der Waals surface area contributed by atoms with Crippen molar-refractivity contribution in [2.45, 2.75) is 32.6 Å². The molecule has 1 N–H and O–H groups in total. The van der Waals surface area contributed by atoms with E-state index in [1.165, 1.54) is 11.1 Å². The van der Waals surface area contributed by atoms with Crippen LogP contribution in [-0.2, 0) is 6.42 Å². The SMILES string of the molecule is CC(C)c1ccc(NC(=O)N2CCCc3ccccc32)cc1. The predicted octanol–water partition coefficient (Wildman–Crippen LogP) is 4.79. The summed E-state index contributed by atoms with van der Waals surface area (Å²) in [6, 6.07) is 16.2. The van der Waals surface area contributed by atoms with Crippen LogP contribution < -0.4 is 10.2 Å². The van der Waals surface area contributed by atoms with E-state index in [2.05, 4.69) is 37.4 Å². The molecule has 0 aromatic heterocycles. The first-order valence-corrected chi connectivity index (χ1v) is 7.91. The van der Waals surface area contributed by atoms with Crippen molar-refractivity contribution in [2.24, 2.45) is 0 Å². The molecule has 114 valence electrons. The van der Waals surface area contributed by atoms with Gasteiger partial charge in [-0.1, -0.05) is 44.2 Å². The van der Waals surface area contributed by atoms with Gasteiger partial charge < -0.3 is 5.32 Å². The molecule has 0 radical (unpaired) electrons. The molecular formula is C19H22N2O. The van der Waals surface area contributed by atoms with E-state index in [0.717, 1.165) is 30.8 Å². The highest BCUT2D eigenvalue weighted by atomic mass is 16.2. The molecule has 1 aliphatic heterocycles. The van der Waals surface area contributed by atoms with E-state index in [1.807, 2.05) is 35.2 Å².